The summed E-state index contributed by atoms with van der Waals surface area (Å²) in [6.07, 6.45) is 0. The van der Waals surface area contributed by atoms with Crippen LogP contribution in [0.25, 0.3) is 32.6 Å². The SMILES string of the molecule is Cn1c2cc(N(c3ccccc3)c3ccccc3)ccc2c2cc3ccccc3cc21. The second kappa shape index (κ2) is 7.03. The number of aryl methyl sites for hydroxylation is 1. The fourth-order valence-corrected chi connectivity index (χ4v) is 4.62. The van der Waals surface area contributed by atoms with Crippen molar-refractivity contribution in [1.29, 1.82) is 0 Å². The molecule has 0 bridgehead atoms. The zero-order valence-corrected chi connectivity index (χ0v) is 17.4. The Balaban J connectivity index is 1.61. The van der Waals surface area contributed by atoms with Crippen molar-refractivity contribution in [3.8, 4) is 0 Å². The molecular formula is C29H22N2. The van der Waals surface area contributed by atoms with E-state index in [0.29, 0.717) is 0 Å². The highest BCUT2D eigenvalue weighted by atomic mass is 15.1. The Hall–Kier alpha value is -4.04. The van der Waals surface area contributed by atoms with Gasteiger partial charge in [-0.05, 0) is 59.3 Å². The Morgan fingerprint density at radius 3 is 1.68 bits per heavy atom. The summed E-state index contributed by atoms with van der Waals surface area (Å²) in [6, 6.07) is 41.1. The highest BCUT2D eigenvalue weighted by Gasteiger charge is 2.15. The van der Waals surface area contributed by atoms with E-state index < -0.39 is 0 Å². The fourth-order valence-electron chi connectivity index (χ4n) is 4.62. The Labute approximate surface area is 181 Å². The lowest BCUT2D eigenvalue weighted by molar-refractivity contribution is 1.01. The first-order valence-electron chi connectivity index (χ1n) is 10.6. The molecule has 1 aromatic heterocycles. The topological polar surface area (TPSA) is 8.17 Å². The van der Waals surface area contributed by atoms with Crippen molar-refractivity contribution in [2.75, 3.05) is 4.90 Å². The fraction of sp³-hybridized carbons (Fsp3) is 0.0345. The number of para-hydroxylation sites is 2. The van der Waals surface area contributed by atoms with E-state index in [9.17, 15) is 0 Å². The monoisotopic (exact) mass is 398 g/mol. The molecule has 0 unspecified atom stereocenters. The summed E-state index contributed by atoms with van der Waals surface area (Å²) in [4.78, 5) is 2.31. The van der Waals surface area contributed by atoms with Gasteiger partial charge < -0.3 is 9.47 Å². The number of fused-ring (bicyclic) bond motifs is 4. The smallest absolute Gasteiger partial charge is 0.0509 e. The zero-order chi connectivity index (χ0) is 20.8. The molecule has 5 aromatic carbocycles. The lowest BCUT2D eigenvalue weighted by atomic mass is 10.1. The number of aromatic nitrogens is 1. The summed E-state index contributed by atoms with van der Waals surface area (Å²) in [5, 5.41) is 5.14. The Bertz CT molecular complexity index is 1490. The molecule has 0 saturated carbocycles. The van der Waals surface area contributed by atoms with Crippen molar-refractivity contribution in [3.05, 3.63) is 115 Å². The molecule has 0 spiro atoms. The minimum atomic E-state index is 1.15. The van der Waals surface area contributed by atoms with E-state index in [0.717, 1.165) is 17.1 Å². The molecule has 0 amide bonds. The predicted octanol–water partition coefficient (Wildman–Crippen LogP) is 7.95. The maximum absolute atomic E-state index is 2.32. The van der Waals surface area contributed by atoms with Crippen LogP contribution in [0.2, 0.25) is 0 Å². The van der Waals surface area contributed by atoms with Gasteiger partial charge in [-0.1, -0.05) is 66.7 Å². The lowest BCUT2D eigenvalue weighted by Crippen LogP contribution is -2.09. The molecule has 148 valence electrons. The molecule has 0 aliphatic carbocycles. The number of hydrogen-bond acceptors (Lipinski definition) is 1. The van der Waals surface area contributed by atoms with Crippen molar-refractivity contribution in [2.45, 2.75) is 0 Å². The van der Waals surface area contributed by atoms with E-state index in [1.807, 2.05) is 0 Å². The van der Waals surface area contributed by atoms with E-state index >= 15 is 0 Å². The van der Waals surface area contributed by atoms with E-state index in [-0.39, 0.29) is 0 Å². The van der Waals surface area contributed by atoms with Crippen molar-refractivity contribution in [2.24, 2.45) is 7.05 Å². The van der Waals surface area contributed by atoms with Gasteiger partial charge in [-0.25, -0.2) is 0 Å². The number of rotatable bonds is 3. The molecule has 0 aliphatic heterocycles. The van der Waals surface area contributed by atoms with Crippen LogP contribution >= 0.6 is 0 Å². The summed E-state index contributed by atoms with van der Waals surface area (Å²) in [5.74, 6) is 0. The molecule has 0 saturated heterocycles. The Morgan fingerprint density at radius 1 is 0.484 bits per heavy atom. The van der Waals surface area contributed by atoms with E-state index in [2.05, 4.69) is 132 Å². The van der Waals surface area contributed by atoms with Crippen LogP contribution in [0, 0.1) is 0 Å². The van der Waals surface area contributed by atoms with Crippen LogP contribution in [0.5, 0.6) is 0 Å². The molecule has 2 nitrogen and oxygen atoms in total. The van der Waals surface area contributed by atoms with Crippen LogP contribution in [0.4, 0.5) is 17.1 Å². The normalized spacial score (nSPS) is 11.4. The minimum absolute atomic E-state index is 1.15. The summed E-state index contributed by atoms with van der Waals surface area (Å²) in [6.45, 7) is 0. The van der Waals surface area contributed by atoms with E-state index in [1.165, 1.54) is 32.6 Å². The molecule has 0 fully saturated rings. The lowest BCUT2D eigenvalue weighted by Gasteiger charge is -2.25. The van der Waals surface area contributed by atoms with Crippen LogP contribution in [0.1, 0.15) is 0 Å². The average Bonchev–Trinajstić information content (AvgIpc) is 3.10. The van der Waals surface area contributed by atoms with Crippen LogP contribution in [-0.2, 0) is 7.05 Å². The molecule has 0 radical (unpaired) electrons. The van der Waals surface area contributed by atoms with Gasteiger partial charge in [0.2, 0.25) is 0 Å². The zero-order valence-electron chi connectivity index (χ0n) is 17.4. The quantitative estimate of drug-likeness (QED) is 0.293. The molecule has 2 heteroatoms. The third-order valence-electron chi connectivity index (χ3n) is 6.15. The third-order valence-corrected chi connectivity index (χ3v) is 6.15. The first kappa shape index (κ1) is 17.8. The number of anilines is 3. The van der Waals surface area contributed by atoms with Gasteiger partial charge in [0.1, 0.15) is 0 Å². The highest BCUT2D eigenvalue weighted by molar-refractivity contribution is 6.13. The van der Waals surface area contributed by atoms with Gasteiger partial charge in [0.15, 0.2) is 0 Å². The molecule has 0 N–H and O–H groups in total. The van der Waals surface area contributed by atoms with Crippen LogP contribution in [0.15, 0.2) is 115 Å². The molecular weight excluding hydrogens is 376 g/mol. The molecule has 6 aromatic rings. The van der Waals surface area contributed by atoms with Gasteiger partial charge >= 0.3 is 0 Å². The summed E-state index contributed by atoms with van der Waals surface area (Å²) in [7, 11) is 2.17. The minimum Gasteiger partial charge on any atom is -0.344 e. The van der Waals surface area contributed by atoms with E-state index in [1.54, 1.807) is 0 Å². The van der Waals surface area contributed by atoms with E-state index in [4.69, 9.17) is 0 Å². The van der Waals surface area contributed by atoms with Crippen LogP contribution in [0.3, 0.4) is 0 Å². The molecule has 6 rings (SSSR count). The predicted molar refractivity (Wildman–Crippen MR) is 133 cm³/mol. The Kier molecular flexibility index (Phi) is 4.03. The van der Waals surface area contributed by atoms with Gasteiger partial charge in [0, 0.05) is 40.4 Å². The first-order valence-corrected chi connectivity index (χ1v) is 10.6. The summed E-state index contributed by atoms with van der Waals surface area (Å²) in [5.41, 5.74) is 5.95. The van der Waals surface area contributed by atoms with Crippen molar-refractivity contribution >= 4 is 49.6 Å². The number of nitrogens with zero attached hydrogens (tertiary/aromatic N) is 2. The van der Waals surface area contributed by atoms with Crippen molar-refractivity contribution in [3.63, 3.8) is 0 Å². The maximum atomic E-state index is 2.32. The van der Waals surface area contributed by atoms with Gasteiger partial charge in [0.05, 0.1) is 5.52 Å². The standard InChI is InChI=1S/C29H22N2/c1-30-28-19-22-11-9-8-10-21(22)18-27(28)26-17-16-25(20-29(26)30)31(23-12-4-2-5-13-23)24-14-6-3-7-15-24/h2-20H,1H3. The Morgan fingerprint density at radius 2 is 1.03 bits per heavy atom. The first-order chi connectivity index (χ1) is 15.3. The molecule has 0 atom stereocenters. The molecule has 0 aliphatic rings. The van der Waals surface area contributed by atoms with Crippen LogP contribution in [-0.4, -0.2) is 4.57 Å². The second-order valence-corrected chi connectivity index (χ2v) is 7.98. The molecule has 1 heterocycles. The number of hydrogen-bond donors (Lipinski definition) is 0. The third kappa shape index (κ3) is 2.88. The number of benzene rings is 5. The summed E-state index contributed by atoms with van der Waals surface area (Å²) < 4.78 is 2.31. The highest BCUT2D eigenvalue weighted by Crippen LogP contribution is 2.38. The maximum Gasteiger partial charge on any atom is 0.0509 e. The van der Waals surface area contributed by atoms with Crippen molar-refractivity contribution in [1.82, 2.24) is 4.57 Å². The van der Waals surface area contributed by atoms with Gasteiger partial charge in [-0.3, -0.25) is 0 Å². The van der Waals surface area contributed by atoms with Crippen molar-refractivity contribution < 1.29 is 0 Å². The van der Waals surface area contributed by atoms with Gasteiger partial charge in [-0.2, -0.15) is 0 Å². The average molecular weight is 399 g/mol. The van der Waals surface area contributed by atoms with Gasteiger partial charge in [0.25, 0.3) is 0 Å². The van der Waals surface area contributed by atoms with Crippen LogP contribution < -0.4 is 4.90 Å². The van der Waals surface area contributed by atoms with Gasteiger partial charge in [-0.15, -0.1) is 0 Å². The second-order valence-electron chi connectivity index (χ2n) is 7.98. The largest absolute Gasteiger partial charge is 0.344 e. The molecule has 31 heavy (non-hydrogen) atoms. The summed E-state index contributed by atoms with van der Waals surface area (Å²) >= 11 is 0.